The summed E-state index contributed by atoms with van der Waals surface area (Å²) in [4.78, 5) is 25.2. The lowest BCUT2D eigenvalue weighted by Crippen LogP contribution is -2.45. The van der Waals surface area contributed by atoms with E-state index in [1.807, 2.05) is 0 Å². The molecular formula is C14H15BrClNO3. The molecular weight excluding hydrogens is 346 g/mol. The molecule has 1 saturated heterocycles. The summed E-state index contributed by atoms with van der Waals surface area (Å²) in [5, 5.41) is 9.67. The number of benzene rings is 1. The fraction of sp³-hybridized carbons (Fsp3) is 0.429. The highest BCUT2D eigenvalue weighted by Gasteiger charge is 2.38. The van der Waals surface area contributed by atoms with Crippen LogP contribution >= 0.6 is 27.5 Å². The number of carboxylic acids is 1. The number of carbonyl (C=O) groups excluding carboxylic acids is 1. The van der Waals surface area contributed by atoms with E-state index in [0.29, 0.717) is 36.5 Å². The molecule has 1 amide bonds. The Bertz CT molecular complexity index is 553. The molecule has 0 spiro atoms. The molecule has 1 aromatic carbocycles. The first-order valence-corrected chi connectivity index (χ1v) is 7.48. The monoisotopic (exact) mass is 359 g/mol. The molecule has 1 aliphatic rings. The maximum atomic E-state index is 12.3. The molecule has 0 unspecified atom stereocenters. The average molecular weight is 361 g/mol. The van der Waals surface area contributed by atoms with E-state index in [1.54, 1.807) is 30.0 Å². The van der Waals surface area contributed by atoms with E-state index in [9.17, 15) is 14.7 Å². The van der Waals surface area contributed by atoms with Crippen molar-refractivity contribution < 1.29 is 14.7 Å². The van der Waals surface area contributed by atoms with Gasteiger partial charge in [-0.2, -0.15) is 0 Å². The number of hydrogen-bond acceptors (Lipinski definition) is 2. The van der Waals surface area contributed by atoms with Crippen LogP contribution in [0.5, 0.6) is 0 Å². The van der Waals surface area contributed by atoms with Crippen LogP contribution in [0, 0.1) is 5.41 Å². The second-order valence-corrected chi connectivity index (χ2v) is 6.55. The molecule has 4 nitrogen and oxygen atoms in total. The molecule has 1 N–H and O–H groups in total. The van der Waals surface area contributed by atoms with Gasteiger partial charge >= 0.3 is 5.97 Å². The summed E-state index contributed by atoms with van der Waals surface area (Å²) in [7, 11) is 0. The Balaban J connectivity index is 2.08. The molecule has 108 valence electrons. The third-order valence-electron chi connectivity index (χ3n) is 3.84. The molecule has 0 radical (unpaired) electrons. The van der Waals surface area contributed by atoms with Gasteiger partial charge in [-0.25, -0.2) is 0 Å². The number of amides is 1. The topological polar surface area (TPSA) is 57.6 Å². The normalized spacial score (nSPS) is 17.9. The second kappa shape index (κ2) is 5.74. The summed E-state index contributed by atoms with van der Waals surface area (Å²) in [6, 6.07) is 5.07. The molecule has 0 saturated carbocycles. The van der Waals surface area contributed by atoms with Gasteiger partial charge in [0.05, 0.1) is 10.4 Å². The summed E-state index contributed by atoms with van der Waals surface area (Å²) in [5.74, 6) is -0.900. The van der Waals surface area contributed by atoms with Gasteiger partial charge in [-0.3, -0.25) is 9.59 Å². The van der Waals surface area contributed by atoms with E-state index >= 15 is 0 Å². The molecule has 0 aliphatic carbocycles. The van der Waals surface area contributed by atoms with Crippen molar-refractivity contribution in [2.75, 3.05) is 13.1 Å². The molecule has 2 rings (SSSR count). The van der Waals surface area contributed by atoms with Crippen molar-refractivity contribution in [2.45, 2.75) is 19.8 Å². The third-order valence-corrected chi connectivity index (χ3v) is 5.07. The average Bonchev–Trinajstić information content (AvgIpc) is 2.42. The summed E-state index contributed by atoms with van der Waals surface area (Å²) in [6.45, 7) is 2.64. The van der Waals surface area contributed by atoms with Crippen molar-refractivity contribution >= 4 is 39.4 Å². The summed E-state index contributed by atoms with van der Waals surface area (Å²) in [6.07, 6.45) is 0.941. The van der Waals surface area contributed by atoms with Crippen LogP contribution in [0.1, 0.15) is 30.1 Å². The van der Waals surface area contributed by atoms with Gasteiger partial charge in [0.15, 0.2) is 0 Å². The number of carbonyl (C=O) groups is 2. The van der Waals surface area contributed by atoms with Crippen LogP contribution in [-0.4, -0.2) is 35.0 Å². The lowest BCUT2D eigenvalue weighted by atomic mass is 9.80. The smallest absolute Gasteiger partial charge is 0.309 e. The molecule has 1 aromatic rings. The Morgan fingerprint density at radius 2 is 1.95 bits per heavy atom. The number of piperidine rings is 1. The van der Waals surface area contributed by atoms with E-state index in [-0.39, 0.29) is 5.91 Å². The minimum absolute atomic E-state index is 0.105. The van der Waals surface area contributed by atoms with Crippen molar-refractivity contribution in [3.05, 3.63) is 33.3 Å². The first kappa shape index (κ1) is 15.3. The van der Waals surface area contributed by atoms with Gasteiger partial charge in [0.1, 0.15) is 0 Å². The zero-order chi connectivity index (χ0) is 14.9. The van der Waals surface area contributed by atoms with Crippen molar-refractivity contribution in [3.8, 4) is 0 Å². The minimum Gasteiger partial charge on any atom is -0.481 e. The van der Waals surface area contributed by atoms with Gasteiger partial charge in [-0.1, -0.05) is 11.6 Å². The van der Waals surface area contributed by atoms with E-state index in [4.69, 9.17) is 11.6 Å². The molecule has 0 atom stereocenters. The van der Waals surface area contributed by atoms with Crippen LogP contribution in [0.2, 0.25) is 5.02 Å². The van der Waals surface area contributed by atoms with Crippen molar-refractivity contribution in [1.29, 1.82) is 0 Å². The standard InChI is InChI=1S/C14H15BrClNO3/c1-14(13(19)20)4-6-17(7-5-14)12(18)9-2-3-10(15)11(16)8-9/h2-3,8H,4-7H2,1H3,(H,19,20). The number of rotatable bonds is 2. The van der Waals surface area contributed by atoms with E-state index < -0.39 is 11.4 Å². The number of nitrogens with zero attached hydrogens (tertiary/aromatic N) is 1. The number of likely N-dealkylation sites (tertiary alicyclic amines) is 1. The quantitative estimate of drug-likeness (QED) is 0.879. The zero-order valence-corrected chi connectivity index (χ0v) is 13.4. The van der Waals surface area contributed by atoms with Crippen molar-refractivity contribution in [3.63, 3.8) is 0 Å². The Morgan fingerprint density at radius 3 is 2.45 bits per heavy atom. The maximum absolute atomic E-state index is 12.3. The summed E-state index contributed by atoms with van der Waals surface area (Å²) in [5.41, 5.74) is -0.203. The van der Waals surface area contributed by atoms with Gasteiger partial charge in [-0.15, -0.1) is 0 Å². The first-order valence-electron chi connectivity index (χ1n) is 6.31. The summed E-state index contributed by atoms with van der Waals surface area (Å²) >= 11 is 9.27. The molecule has 1 heterocycles. The highest BCUT2D eigenvalue weighted by molar-refractivity contribution is 9.10. The maximum Gasteiger partial charge on any atom is 0.309 e. The van der Waals surface area contributed by atoms with Crippen LogP contribution in [0.25, 0.3) is 0 Å². The van der Waals surface area contributed by atoms with Gasteiger partial charge in [0.25, 0.3) is 5.91 Å². The number of halogens is 2. The fourth-order valence-electron chi connectivity index (χ4n) is 2.23. The van der Waals surface area contributed by atoms with E-state index in [2.05, 4.69) is 15.9 Å². The van der Waals surface area contributed by atoms with Crippen LogP contribution < -0.4 is 0 Å². The van der Waals surface area contributed by atoms with Crippen molar-refractivity contribution in [1.82, 2.24) is 4.90 Å². The molecule has 0 bridgehead atoms. The Morgan fingerprint density at radius 1 is 1.35 bits per heavy atom. The highest BCUT2D eigenvalue weighted by Crippen LogP contribution is 2.32. The second-order valence-electron chi connectivity index (χ2n) is 5.29. The Labute approximate surface area is 130 Å². The van der Waals surface area contributed by atoms with E-state index in [0.717, 1.165) is 4.47 Å². The highest BCUT2D eigenvalue weighted by atomic mass is 79.9. The van der Waals surface area contributed by atoms with Crippen LogP contribution in [-0.2, 0) is 4.79 Å². The third kappa shape index (κ3) is 2.99. The molecule has 1 aliphatic heterocycles. The largest absolute Gasteiger partial charge is 0.481 e. The zero-order valence-electron chi connectivity index (χ0n) is 11.0. The van der Waals surface area contributed by atoms with Gasteiger partial charge < -0.3 is 10.0 Å². The number of carboxylic acid groups (broad SMARTS) is 1. The summed E-state index contributed by atoms with van der Waals surface area (Å²) < 4.78 is 0.743. The first-order chi connectivity index (χ1) is 9.33. The van der Waals surface area contributed by atoms with Crippen molar-refractivity contribution in [2.24, 2.45) is 5.41 Å². The van der Waals surface area contributed by atoms with E-state index in [1.165, 1.54) is 0 Å². The van der Waals surface area contributed by atoms with Crippen LogP contribution in [0.3, 0.4) is 0 Å². The predicted octanol–water partition coefficient (Wildman–Crippen LogP) is 3.43. The Hall–Kier alpha value is -1.07. The molecule has 6 heteroatoms. The Kier molecular flexibility index (Phi) is 4.39. The lowest BCUT2D eigenvalue weighted by Gasteiger charge is -2.36. The fourth-order valence-corrected chi connectivity index (χ4v) is 2.66. The van der Waals surface area contributed by atoms with Crippen LogP contribution in [0.15, 0.2) is 22.7 Å². The molecule has 0 aromatic heterocycles. The van der Waals surface area contributed by atoms with Gasteiger partial charge in [0.2, 0.25) is 0 Å². The number of hydrogen-bond donors (Lipinski definition) is 1. The molecule has 20 heavy (non-hydrogen) atoms. The predicted molar refractivity (Wildman–Crippen MR) is 80.0 cm³/mol. The molecule has 1 fully saturated rings. The van der Waals surface area contributed by atoms with Crippen LogP contribution in [0.4, 0.5) is 0 Å². The lowest BCUT2D eigenvalue weighted by molar-refractivity contribution is -0.150. The SMILES string of the molecule is CC1(C(=O)O)CCN(C(=O)c2ccc(Br)c(Cl)c2)CC1. The number of aliphatic carboxylic acids is 1. The van der Waals surface area contributed by atoms with Gasteiger partial charge in [0, 0.05) is 23.1 Å². The minimum atomic E-state index is -0.795. The van der Waals surface area contributed by atoms with Gasteiger partial charge in [-0.05, 0) is 53.9 Å².